The lowest BCUT2D eigenvalue weighted by molar-refractivity contribution is 0.102. The summed E-state index contributed by atoms with van der Waals surface area (Å²) in [6.45, 7) is 1.81. The van der Waals surface area contributed by atoms with Crippen molar-refractivity contribution in [1.82, 2.24) is 4.98 Å². The highest BCUT2D eigenvalue weighted by atomic mass is 32.2. The fourth-order valence-corrected chi connectivity index (χ4v) is 4.31. The second-order valence-electron chi connectivity index (χ2n) is 7.84. The molecule has 0 aliphatic carbocycles. The highest BCUT2D eigenvalue weighted by Gasteiger charge is 2.17. The van der Waals surface area contributed by atoms with Crippen LogP contribution in [0.25, 0.3) is 22.2 Å². The number of sulfone groups is 1. The van der Waals surface area contributed by atoms with E-state index in [1.807, 2.05) is 30.3 Å². The van der Waals surface area contributed by atoms with Crippen LogP contribution in [-0.2, 0) is 9.84 Å². The molecular formula is C26H24N2O5S. The Morgan fingerprint density at radius 2 is 1.65 bits per heavy atom. The summed E-state index contributed by atoms with van der Waals surface area (Å²) in [5.74, 6) is 0.773. The molecular weight excluding hydrogens is 452 g/mol. The van der Waals surface area contributed by atoms with Gasteiger partial charge in [-0.2, -0.15) is 0 Å². The van der Waals surface area contributed by atoms with Crippen LogP contribution >= 0.6 is 0 Å². The molecule has 4 rings (SSSR count). The van der Waals surface area contributed by atoms with E-state index >= 15 is 0 Å². The molecule has 3 aromatic carbocycles. The summed E-state index contributed by atoms with van der Waals surface area (Å²) in [5, 5.41) is 3.56. The summed E-state index contributed by atoms with van der Waals surface area (Å²) in [6.07, 6.45) is 1.13. The van der Waals surface area contributed by atoms with Crippen molar-refractivity contribution in [2.24, 2.45) is 0 Å². The standard InChI is InChI=1S/C26H24N2O5S/c1-16-9-11-18(34(4,30)31)14-22(16)28-26(29)20-15-23(27-21-8-6-5-7-19(20)21)17-10-12-24(32-2)25(13-17)33-3/h5-15H,1-4H3,(H,28,29). The smallest absolute Gasteiger partial charge is 0.256 e. The van der Waals surface area contributed by atoms with Crippen LogP contribution in [0, 0.1) is 6.92 Å². The Morgan fingerprint density at radius 1 is 0.912 bits per heavy atom. The van der Waals surface area contributed by atoms with Crippen LogP contribution in [0.15, 0.2) is 71.6 Å². The molecule has 7 nitrogen and oxygen atoms in total. The van der Waals surface area contributed by atoms with E-state index in [0.717, 1.165) is 17.4 Å². The average Bonchev–Trinajstić information content (AvgIpc) is 2.83. The lowest BCUT2D eigenvalue weighted by Crippen LogP contribution is -2.14. The maximum atomic E-state index is 13.4. The topological polar surface area (TPSA) is 94.6 Å². The maximum absolute atomic E-state index is 13.4. The van der Waals surface area contributed by atoms with Crippen molar-refractivity contribution in [3.05, 3.63) is 77.9 Å². The fraction of sp³-hybridized carbons (Fsp3) is 0.154. The number of nitrogens with one attached hydrogen (secondary N) is 1. The molecule has 0 atom stereocenters. The summed E-state index contributed by atoms with van der Waals surface area (Å²) in [7, 11) is -0.294. The Bertz CT molecular complexity index is 1510. The van der Waals surface area contributed by atoms with Gasteiger partial charge < -0.3 is 14.8 Å². The highest BCUT2D eigenvalue weighted by molar-refractivity contribution is 7.90. The summed E-state index contributed by atoms with van der Waals surface area (Å²) >= 11 is 0. The molecule has 8 heteroatoms. The number of rotatable bonds is 6. The second-order valence-corrected chi connectivity index (χ2v) is 9.86. The second kappa shape index (κ2) is 9.15. The predicted molar refractivity (Wildman–Crippen MR) is 133 cm³/mol. The zero-order chi connectivity index (χ0) is 24.5. The molecule has 1 amide bonds. The number of carbonyl (C=O) groups is 1. The predicted octanol–water partition coefficient (Wildman–Crippen LogP) is 4.88. The minimum atomic E-state index is -3.42. The SMILES string of the molecule is COc1ccc(-c2cc(C(=O)Nc3cc(S(C)(=O)=O)ccc3C)c3ccccc3n2)cc1OC. The Kier molecular flexibility index (Phi) is 6.26. The number of hydrogen-bond donors (Lipinski definition) is 1. The van der Waals surface area contributed by atoms with Gasteiger partial charge in [-0.05, 0) is 55.0 Å². The zero-order valence-corrected chi connectivity index (χ0v) is 20.1. The molecule has 1 aromatic heterocycles. The molecule has 0 spiro atoms. The number of amides is 1. The first-order chi connectivity index (χ1) is 16.2. The van der Waals surface area contributed by atoms with Gasteiger partial charge in [-0.25, -0.2) is 13.4 Å². The van der Waals surface area contributed by atoms with E-state index in [1.165, 1.54) is 12.1 Å². The zero-order valence-electron chi connectivity index (χ0n) is 19.2. The van der Waals surface area contributed by atoms with Crippen LogP contribution in [0.5, 0.6) is 11.5 Å². The van der Waals surface area contributed by atoms with Crippen molar-refractivity contribution in [3.8, 4) is 22.8 Å². The Balaban J connectivity index is 1.81. The molecule has 0 unspecified atom stereocenters. The number of pyridine rings is 1. The molecule has 34 heavy (non-hydrogen) atoms. The number of aryl methyl sites for hydroxylation is 1. The van der Waals surface area contributed by atoms with E-state index < -0.39 is 9.84 Å². The number of anilines is 1. The first-order valence-corrected chi connectivity index (χ1v) is 12.3. The van der Waals surface area contributed by atoms with Crippen LogP contribution in [0.4, 0.5) is 5.69 Å². The number of methoxy groups -OCH3 is 2. The van der Waals surface area contributed by atoms with Crippen LogP contribution in [0.2, 0.25) is 0 Å². The molecule has 0 aliphatic rings. The summed E-state index contributed by atoms with van der Waals surface area (Å²) in [4.78, 5) is 18.3. The lowest BCUT2D eigenvalue weighted by atomic mass is 10.0. The van der Waals surface area contributed by atoms with E-state index in [9.17, 15) is 13.2 Å². The number of hydrogen-bond acceptors (Lipinski definition) is 6. The number of nitrogens with zero attached hydrogens (tertiary/aromatic N) is 1. The number of benzene rings is 3. The minimum absolute atomic E-state index is 0.138. The Morgan fingerprint density at radius 3 is 2.35 bits per heavy atom. The Hall–Kier alpha value is -3.91. The van der Waals surface area contributed by atoms with Crippen molar-refractivity contribution < 1.29 is 22.7 Å². The van der Waals surface area contributed by atoms with Crippen molar-refractivity contribution in [2.75, 3.05) is 25.8 Å². The fourth-order valence-electron chi connectivity index (χ4n) is 3.66. The average molecular weight is 477 g/mol. The van der Waals surface area contributed by atoms with Gasteiger partial charge in [-0.3, -0.25) is 4.79 Å². The third-order valence-electron chi connectivity index (χ3n) is 5.53. The maximum Gasteiger partial charge on any atom is 0.256 e. The molecule has 0 radical (unpaired) electrons. The minimum Gasteiger partial charge on any atom is -0.493 e. The van der Waals surface area contributed by atoms with E-state index in [2.05, 4.69) is 5.32 Å². The summed E-state index contributed by atoms with van der Waals surface area (Å²) < 4.78 is 34.7. The third kappa shape index (κ3) is 4.58. The molecule has 174 valence electrons. The molecule has 1 heterocycles. The number of carbonyl (C=O) groups excluding carboxylic acids is 1. The molecule has 0 fully saturated rings. The largest absolute Gasteiger partial charge is 0.493 e. The van der Waals surface area contributed by atoms with Gasteiger partial charge in [0.1, 0.15) is 0 Å². The molecule has 0 aliphatic heterocycles. The van der Waals surface area contributed by atoms with Gasteiger partial charge in [0.2, 0.25) is 0 Å². The number of fused-ring (bicyclic) bond motifs is 1. The Labute approximate surface area is 198 Å². The quantitative estimate of drug-likeness (QED) is 0.426. The molecule has 0 saturated heterocycles. The van der Waals surface area contributed by atoms with Crippen LogP contribution in [0.3, 0.4) is 0 Å². The molecule has 4 aromatic rings. The van der Waals surface area contributed by atoms with Crippen LogP contribution in [0.1, 0.15) is 15.9 Å². The van der Waals surface area contributed by atoms with Crippen molar-refractivity contribution in [3.63, 3.8) is 0 Å². The van der Waals surface area contributed by atoms with Crippen LogP contribution in [-0.4, -0.2) is 39.8 Å². The van der Waals surface area contributed by atoms with Crippen LogP contribution < -0.4 is 14.8 Å². The van der Waals surface area contributed by atoms with E-state index in [1.54, 1.807) is 45.4 Å². The van der Waals surface area contributed by atoms with E-state index in [4.69, 9.17) is 14.5 Å². The van der Waals surface area contributed by atoms with Gasteiger partial charge in [0.25, 0.3) is 5.91 Å². The monoisotopic (exact) mass is 476 g/mol. The number of aromatic nitrogens is 1. The van der Waals surface area contributed by atoms with Crippen molar-refractivity contribution >= 4 is 32.3 Å². The first-order valence-electron chi connectivity index (χ1n) is 10.5. The summed E-state index contributed by atoms with van der Waals surface area (Å²) in [5.41, 5.74) is 3.60. The van der Waals surface area contributed by atoms with E-state index in [-0.39, 0.29) is 10.8 Å². The van der Waals surface area contributed by atoms with Gasteiger partial charge in [0.05, 0.1) is 35.9 Å². The normalized spacial score (nSPS) is 11.3. The third-order valence-corrected chi connectivity index (χ3v) is 6.64. The van der Waals surface area contributed by atoms with Gasteiger partial charge >= 0.3 is 0 Å². The number of ether oxygens (including phenoxy) is 2. The molecule has 0 saturated carbocycles. The first kappa shape index (κ1) is 23.3. The van der Waals surface area contributed by atoms with Crippen molar-refractivity contribution in [1.29, 1.82) is 0 Å². The highest BCUT2D eigenvalue weighted by Crippen LogP contribution is 2.33. The lowest BCUT2D eigenvalue weighted by Gasteiger charge is -2.14. The van der Waals surface area contributed by atoms with Gasteiger partial charge in [-0.1, -0.05) is 24.3 Å². The molecule has 0 bridgehead atoms. The van der Waals surface area contributed by atoms with Gasteiger partial charge in [-0.15, -0.1) is 0 Å². The number of para-hydroxylation sites is 1. The van der Waals surface area contributed by atoms with Gasteiger partial charge in [0, 0.05) is 22.9 Å². The van der Waals surface area contributed by atoms with Gasteiger partial charge in [0.15, 0.2) is 21.3 Å². The molecule has 1 N–H and O–H groups in total. The van der Waals surface area contributed by atoms with Crippen molar-refractivity contribution in [2.45, 2.75) is 11.8 Å². The summed E-state index contributed by atoms with van der Waals surface area (Å²) in [6, 6.07) is 19.2. The van der Waals surface area contributed by atoms with E-state index in [0.29, 0.717) is 39.3 Å².